The number of likely N-dealkylation sites (N-methyl/N-ethyl adjacent to an activating group) is 1. The van der Waals surface area contributed by atoms with Crippen molar-refractivity contribution in [2.45, 2.75) is 12.7 Å². The Balaban J connectivity index is 0.00000480. The van der Waals surface area contributed by atoms with Gasteiger partial charge in [0.2, 0.25) is 0 Å². The molecule has 1 N–H and O–H groups in total. The van der Waals surface area contributed by atoms with E-state index in [9.17, 15) is 13.2 Å². The molecular formula is C20H33F3IN5O2. The summed E-state index contributed by atoms with van der Waals surface area (Å²) in [6.07, 6.45) is -4.18. The summed E-state index contributed by atoms with van der Waals surface area (Å²) >= 11 is 0. The van der Waals surface area contributed by atoms with Crippen LogP contribution in [0.3, 0.4) is 0 Å². The lowest BCUT2D eigenvalue weighted by atomic mass is 10.1. The molecule has 2 rings (SSSR count). The Bertz CT molecular complexity index is 698. The lowest BCUT2D eigenvalue weighted by molar-refractivity contribution is -0.142. The first-order chi connectivity index (χ1) is 14.3. The third-order valence-corrected chi connectivity index (χ3v) is 4.96. The number of ether oxygens (including phenoxy) is 2. The van der Waals surface area contributed by atoms with Crippen molar-refractivity contribution >= 4 is 29.9 Å². The number of guanidine groups is 1. The number of alkyl halides is 3. The maximum absolute atomic E-state index is 12.4. The van der Waals surface area contributed by atoms with Crippen molar-refractivity contribution in [2.24, 2.45) is 4.99 Å². The highest BCUT2D eigenvalue weighted by molar-refractivity contribution is 14.0. The van der Waals surface area contributed by atoms with Gasteiger partial charge in [0, 0.05) is 52.9 Å². The second kappa shape index (κ2) is 13.2. The largest absolute Gasteiger partial charge is 0.493 e. The molecule has 178 valence electrons. The molecule has 0 unspecified atom stereocenters. The summed E-state index contributed by atoms with van der Waals surface area (Å²) in [7, 11) is 6.40. The lowest BCUT2D eigenvalue weighted by Crippen LogP contribution is -2.53. The number of nitrogens with zero attached hydrogens (tertiary/aromatic N) is 4. The summed E-state index contributed by atoms with van der Waals surface area (Å²) in [4.78, 5) is 10.0. The zero-order valence-corrected chi connectivity index (χ0v) is 20.9. The van der Waals surface area contributed by atoms with Crippen LogP contribution in [0.15, 0.2) is 23.2 Å². The van der Waals surface area contributed by atoms with E-state index in [0.717, 1.165) is 44.2 Å². The highest BCUT2D eigenvalue weighted by atomic mass is 127. The van der Waals surface area contributed by atoms with E-state index in [4.69, 9.17) is 9.47 Å². The monoisotopic (exact) mass is 559 g/mol. The first-order valence-corrected chi connectivity index (χ1v) is 9.90. The predicted molar refractivity (Wildman–Crippen MR) is 127 cm³/mol. The summed E-state index contributed by atoms with van der Waals surface area (Å²) in [5, 5.41) is 3.17. The van der Waals surface area contributed by atoms with E-state index in [2.05, 4.69) is 20.1 Å². The standard InChI is InChI=1S/C20H32F3N5O2.HI/c1-24-19(25-7-8-26(2)15-20(21,22)23)28-11-9-27(10-12-28)14-16-5-6-17(29-3)18(13-16)30-4;/h5-6,13H,7-12,14-15H2,1-4H3,(H,24,25);1H. The molecule has 0 aromatic heterocycles. The molecule has 0 atom stereocenters. The molecule has 1 aliphatic heterocycles. The van der Waals surface area contributed by atoms with Gasteiger partial charge in [-0.15, -0.1) is 24.0 Å². The molecule has 1 aromatic carbocycles. The first kappa shape index (κ1) is 27.6. The molecule has 0 bridgehead atoms. The highest BCUT2D eigenvalue weighted by Crippen LogP contribution is 2.28. The lowest BCUT2D eigenvalue weighted by Gasteiger charge is -2.36. The molecule has 11 heteroatoms. The van der Waals surface area contributed by atoms with Gasteiger partial charge in [0.05, 0.1) is 20.8 Å². The fraction of sp³-hybridized carbons (Fsp3) is 0.650. The molecule has 1 saturated heterocycles. The smallest absolute Gasteiger partial charge is 0.401 e. The van der Waals surface area contributed by atoms with Gasteiger partial charge in [0.1, 0.15) is 0 Å². The Hall–Kier alpha value is -1.47. The number of aliphatic imine (C=N–C) groups is 1. The van der Waals surface area contributed by atoms with E-state index < -0.39 is 12.7 Å². The van der Waals surface area contributed by atoms with Crippen LogP contribution >= 0.6 is 24.0 Å². The number of piperazine rings is 1. The minimum absolute atomic E-state index is 0. The van der Waals surface area contributed by atoms with Gasteiger partial charge in [-0.3, -0.25) is 14.8 Å². The van der Waals surface area contributed by atoms with E-state index >= 15 is 0 Å². The number of halogens is 4. The molecule has 0 amide bonds. The average molecular weight is 559 g/mol. The molecule has 0 spiro atoms. The molecule has 1 heterocycles. The molecule has 1 aliphatic rings. The second-order valence-corrected chi connectivity index (χ2v) is 7.28. The molecule has 1 aromatic rings. The van der Waals surface area contributed by atoms with Crippen molar-refractivity contribution in [2.75, 3.05) is 74.1 Å². The van der Waals surface area contributed by atoms with Crippen LogP contribution < -0.4 is 14.8 Å². The molecule has 0 saturated carbocycles. The summed E-state index contributed by atoms with van der Waals surface area (Å²) in [6, 6.07) is 5.93. The maximum atomic E-state index is 12.4. The normalized spacial score (nSPS) is 15.6. The average Bonchev–Trinajstić information content (AvgIpc) is 2.70. The van der Waals surface area contributed by atoms with Gasteiger partial charge in [0.25, 0.3) is 0 Å². The zero-order chi connectivity index (χ0) is 22.1. The molecule has 0 radical (unpaired) electrons. The van der Waals surface area contributed by atoms with Gasteiger partial charge in [-0.25, -0.2) is 0 Å². The van der Waals surface area contributed by atoms with Crippen LogP contribution in [-0.4, -0.2) is 101 Å². The number of hydrogen-bond donors (Lipinski definition) is 1. The Morgan fingerprint density at radius 2 is 1.77 bits per heavy atom. The van der Waals surface area contributed by atoms with Gasteiger partial charge in [-0.05, 0) is 24.7 Å². The molecule has 0 aliphatic carbocycles. The van der Waals surface area contributed by atoms with Crippen LogP contribution in [0.1, 0.15) is 5.56 Å². The maximum Gasteiger partial charge on any atom is 0.401 e. The van der Waals surface area contributed by atoms with Crippen LogP contribution in [0.4, 0.5) is 13.2 Å². The summed E-state index contributed by atoms with van der Waals surface area (Å²) < 4.78 is 47.9. The predicted octanol–water partition coefficient (Wildman–Crippen LogP) is 2.51. The molecule has 1 fully saturated rings. The number of benzene rings is 1. The van der Waals surface area contributed by atoms with Crippen molar-refractivity contribution in [1.29, 1.82) is 0 Å². The number of nitrogens with one attached hydrogen (secondary N) is 1. The van der Waals surface area contributed by atoms with Crippen LogP contribution in [0.5, 0.6) is 11.5 Å². The molecule has 31 heavy (non-hydrogen) atoms. The van der Waals surface area contributed by atoms with Gasteiger partial charge in [-0.2, -0.15) is 13.2 Å². The van der Waals surface area contributed by atoms with Gasteiger partial charge < -0.3 is 19.7 Å². The van der Waals surface area contributed by atoms with E-state index in [0.29, 0.717) is 18.0 Å². The fourth-order valence-electron chi connectivity index (χ4n) is 3.43. The van der Waals surface area contributed by atoms with E-state index in [1.54, 1.807) is 21.3 Å². The Morgan fingerprint density at radius 1 is 1.13 bits per heavy atom. The minimum atomic E-state index is -4.18. The van der Waals surface area contributed by atoms with Crippen LogP contribution in [0.2, 0.25) is 0 Å². The van der Waals surface area contributed by atoms with Gasteiger partial charge >= 0.3 is 6.18 Å². The van der Waals surface area contributed by atoms with Crippen LogP contribution in [0.25, 0.3) is 0 Å². The van der Waals surface area contributed by atoms with E-state index in [-0.39, 0.29) is 30.5 Å². The van der Waals surface area contributed by atoms with Crippen LogP contribution in [0, 0.1) is 0 Å². The Labute approximate surface area is 199 Å². The number of hydrogen-bond acceptors (Lipinski definition) is 5. The molecular weight excluding hydrogens is 526 g/mol. The third-order valence-electron chi connectivity index (χ3n) is 4.96. The zero-order valence-electron chi connectivity index (χ0n) is 18.5. The second-order valence-electron chi connectivity index (χ2n) is 7.28. The number of rotatable bonds is 8. The van der Waals surface area contributed by atoms with Gasteiger partial charge in [-0.1, -0.05) is 6.07 Å². The van der Waals surface area contributed by atoms with E-state index in [1.807, 2.05) is 18.2 Å². The SMILES string of the molecule is CN=C(NCCN(C)CC(F)(F)F)N1CCN(Cc2ccc(OC)c(OC)c2)CC1.I. The first-order valence-electron chi connectivity index (χ1n) is 9.90. The van der Waals surface area contributed by atoms with Crippen molar-refractivity contribution < 1.29 is 22.6 Å². The third kappa shape index (κ3) is 9.27. The Morgan fingerprint density at radius 3 is 2.32 bits per heavy atom. The Kier molecular flexibility index (Phi) is 11.7. The highest BCUT2D eigenvalue weighted by Gasteiger charge is 2.29. The van der Waals surface area contributed by atoms with Crippen LogP contribution in [-0.2, 0) is 6.54 Å². The van der Waals surface area contributed by atoms with Crippen molar-refractivity contribution in [3.63, 3.8) is 0 Å². The fourth-order valence-corrected chi connectivity index (χ4v) is 3.43. The topological polar surface area (TPSA) is 52.6 Å². The molecule has 7 nitrogen and oxygen atoms in total. The van der Waals surface area contributed by atoms with E-state index in [1.165, 1.54) is 11.9 Å². The van der Waals surface area contributed by atoms with Crippen molar-refractivity contribution in [1.82, 2.24) is 20.0 Å². The summed E-state index contributed by atoms with van der Waals surface area (Å²) in [5.41, 5.74) is 1.15. The summed E-state index contributed by atoms with van der Waals surface area (Å²) in [6.45, 7) is 3.91. The van der Waals surface area contributed by atoms with Crippen molar-refractivity contribution in [3.05, 3.63) is 23.8 Å². The minimum Gasteiger partial charge on any atom is -0.493 e. The quantitative estimate of drug-likeness (QED) is 0.300. The van der Waals surface area contributed by atoms with Crippen molar-refractivity contribution in [3.8, 4) is 11.5 Å². The number of methoxy groups -OCH3 is 2. The van der Waals surface area contributed by atoms with Gasteiger partial charge in [0.15, 0.2) is 17.5 Å². The summed E-state index contributed by atoms with van der Waals surface area (Å²) in [5.74, 6) is 2.15.